The van der Waals surface area contributed by atoms with Gasteiger partial charge >= 0.3 is 0 Å². The molecule has 0 atom stereocenters. The van der Waals surface area contributed by atoms with Gasteiger partial charge in [0.1, 0.15) is 4.47 Å². The van der Waals surface area contributed by atoms with Gasteiger partial charge in [-0.25, -0.2) is 4.68 Å². The lowest BCUT2D eigenvalue weighted by Gasteiger charge is -2.13. The average molecular weight is 342 g/mol. The third-order valence-electron chi connectivity index (χ3n) is 3.47. The fourth-order valence-electron chi connectivity index (χ4n) is 2.45. The zero-order chi connectivity index (χ0) is 13.6. The number of hydrogen-bond donors (Lipinski definition) is 0. The molecule has 1 aromatic carbocycles. The topological polar surface area (TPSA) is 26.9 Å². The van der Waals surface area contributed by atoms with Gasteiger partial charge in [0.25, 0.3) is 5.56 Å². The van der Waals surface area contributed by atoms with Gasteiger partial charge < -0.3 is 0 Å². The summed E-state index contributed by atoms with van der Waals surface area (Å²) >= 11 is 9.69. The van der Waals surface area contributed by atoms with Crippen LogP contribution in [0.2, 0.25) is 5.02 Å². The lowest BCUT2D eigenvalue weighted by atomic mass is 10.3. The number of para-hydroxylation sites is 1. The lowest BCUT2D eigenvalue weighted by Crippen LogP contribution is -2.21. The number of benzene rings is 1. The van der Waals surface area contributed by atoms with Crippen LogP contribution >= 0.6 is 27.5 Å². The molecule has 0 unspecified atom stereocenters. The van der Waals surface area contributed by atoms with Crippen LogP contribution in [0.1, 0.15) is 31.4 Å². The first-order valence-corrected chi connectivity index (χ1v) is 7.58. The highest BCUT2D eigenvalue weighted by Crippen LogP contribution is 2.43. The molecule has 1 aliphatic carbocycles. The van der Waals surface area contributed by atoms with Crippen molar-refractivity contribution in [3.63, 3.8) is 0 Å². The van der Waals surface area contributed by atoms with Gasteiger partial charge in [0.2, 0.25) is 0 Å². The fourth-order valence-corrected chi connectivity index (χ4v) is 3.37. The molecule has 2 aromatic rings. The van der Waals surface area contributed by atoms with Gasteiger partial charge in [-0.15, -0.1) is 0 Å². The third kappa shape index (κ3) is 2.07. The van der Waals surface area contributed by atoms with Crippen LogP contribution in [-0.4, -0.2) is 9.36 Å². The summed E-state index contributed by atoms with van der Waals surface area (Å²) in [6.07, 6.45) is 2.31. The van der Waals surface area contributed by atoms with Crippen LogP contribution < -0.4 is 5.56 Å². The highest BCUT2D eigenvalue weighted by atomic mass is 79.9. The Morgan fingerprint density at radius 2 is 2.05 bits per heavy atom. The van der Waals surface area contributed by atoms with E-state index in [0.29, 0.717) is 15.4 Å². The van der Waals surface area contributed by atoms with Crippen molar-refractivity contribution >= 4 is 27.5 Å². The Labute approximate surface area is 124 Å². The maximum Gasteiger partial charge on any atom is 0.286 e. The van der Waals surface area contributed by atoms with Crippen molar-refractivity contribution < 1.29 is 0 Å². The molecule has 1 aliphatic rings. The molecule has 5 heteroatoms. The predicted molar refractivity (Wildman–Crippen MR) is 80.4 cm³/mol. The van der Waals surface area contributed by atoms with Crippen LogP contribution in [-0.2, 0) is 6.54 Å². The quantitative estimate of drug-likeness (QED) is 0.830. The minimum atomic E-state index is -0.0307. The molecule has 0 N–H and O–H groups in total. The number of rotatable bonds is 3. The number of nitrogens with zero attached hydrogens (tertiary/aromatic N) is 2. The van der Waals surface area contributed by atoms with E-state index in [1.165, 1.54) is 0 Å². The van der Waals surface area contributed by atoms with Gasteiger partial charge in [-0.1, -0.05) is 23.7 Å². The van der Waals surface area contributed by atoms with E-state index in [1.807, 2.05) is 29.8 Å². The monoisotopic (exact) mass is 340 g/mol. The summed E-state index contributed by atoms with van der Waals surface area (Å²) in [5, 5.41) is 0.589. The maximum atomic E-state index is 12.5. The first-order chi connectivity index (χ1) is 9.15. The van der Waals surface area contributed by atoms with Gasteiger partial charge in [-0.2, -0.15) is 0 Å². The van der Waals surface area contributed by atoms with Gasteiger partial charge in [-0.3, -0.25) is 9.48 Å². The molecule has 0 aliphatic heterocycles. The van der Waals surface area contributed by atoms with Crippen LogP contribution in [0.4, 0.5) is 0 Å². The minimum Gasteiger partial charge on any atom is -0.281 e. The van der Waals surface area contributed by atoms with Crippen molar-refractivity contribution in [2.75, 3.05) is 0 Å². The second kappa shape index (κ2) is 4.84. The SMILES string of the molecule is CCn1c(C2CC2)c(Br)c(=O)n1-c1ccccc1Cl. The zero-order valence-electron chi connectivity index (χ0n) is 10.6. The van der Waals surface area contributed by atoms with E-state index in [0.717, 1.165) is 30.8 Å². The Morgan fingerprint density at radius 1 is 1.37 bits per heavy atom. The second-order valence-corrected chi connectivity index (χ2v) is 5.96. The summed E-state index contributed by atoms with van der Waals surface area (Å²) < 4.78 is 4.39. The Bertz CT molecular complexity index is 685. The number of aromatic nitrogens is 2. The van der Waals surface area contributed by atoms with Gasteiger partial charge in [-0.05, 0) is 47.8 Å². The van der Waals surface area contributed by atoms with E-state index >= 15 is 0 Å². The van der Waals surface area contributed by atoms with Crippen LogP contribution in [0.3, 0.4) is 0 Å². The molecular weight excluding hydrogens is 328 g/mol. The number of hydrogen-bond acceptors (Lipinski definition) is 1. The molecule has 1 saturated carbocycles. The first kappa shape index (κ1) is 13.0. The Kier molecular flexibility index (Phi) is 3.31. The average Bonchev–Trinajstić information content (AvgIpc) is 3.20. The number of halogens is 2. The van der Waals surface area contributed by atoms with E-state index in [-0.39, 0.29) is 5.56 Å². The van der Waals surface area contributed by atoms with Gasteiger partial charge in [0.05, 0.1) is 16.4 Å². The molecule has 0 spiro atoms. The van der Waals surface area contributed by atoms with Crippen LogP contribution in [0.25, 0.3) is 5.69 Å². The van der Waals surface area contributed by atoms with E-state index in [1.54, 1.807) is 10.7 Å². The maximum absolute atomic E-state index is 12.5. The van der Waals surface area contributed by atoms with Crippen molar-refractivity contribution in [1.82, 2.24) is 9.36 Å². The molecule has 0 amide bonds. The molecule has 19 heavy (non-hydrogen) atoms. The largest absolute Gasteiger partial charge is 0.286 e. The van der Waals surface area contributed by atoms with E-state index in [4.69, 9.17) is 11.6 Å². The minimum absolute atomic E-state index is 0.0307. The molecule has 1 fully saturated rings. The molecule has 3 rings (SSSR count). The summed E-state index contributed by atoms with van der Waals surface area (Å²) in [5.41, 5.74) is 1.81. The van der Waals surface area contributed by atoms with Crippen LogP contribution in [0.15, 0.2) is 33.5 Å². The van der Waals surface area contributed by atoms with Crippen molar-refractivity contribution in [3.8, 4) is 5.69 Å². The normalized spacial score (nSPS) is 14.9. The molecule has 0 radical (unpaired) electrons. The summed E-state index contributed by atoms with van der Waals surface area (Å²) in [4.78, 5) is 12.5. The van der Waals surface area contributed by atoms with Crippen LogP contribution in [0.5, 0.6) is 0 Å². The molecule has 1 aromatic heterocycles. The molecule has 3 nitrogen and oxygen atoms in total. The van der Waals surface area contributed by atoms with E-state index in [2.05, 4.69) is 15.9 Å². The van der Waals surface area contributed by atoms with E-state index < -0.39 is 0 Å². The predicted octanol–water partition coefficient (Wildman–Crippen LogP) is 3.95. The Balaban J connectivity index is 2.30. The summed E-state index contributed by atoms with van der Waals surface area (Å²) in [6.45, 7) is 2.79. The van der Waals surface area contributed by atoms with Crippen LogP contribution in [0, 0.1) is 0 Å². The highest BCUT2D eigenvalue weighted by Gasteiger charge is 2.32. The molecule has 100 valence electrons. The lowest BCUT2D eigenvalue weighted by molar-refractivity contribution is 0.549. The van der Waals surface area contributed by atoms with E-state index in [9.17, 15) is 4.79 Å². The molecular formula is C14H14BrClN2O. The summed E-state index contributed by atoms with van der Waals surface area (Å²) in [5.74, 6) is 0.505. The zero-order valence-corrected chi connectivity index (χ0v) is 12.9. The highest BCUT2D eigenvalue weighted by molar-refractivity contribution is 9.10. The summed E-state index contributed by atoms with van der Waals surface area (Å²) in [7, 11) is 0. The van der Waals surface area contributed by atoms with Gasteiger partial charge in [0, 0.05) is 12.5 Å². The third-order valence-corrected chi connectivity index (χ3v) is 4.53. The van der Waals surface area contributed by atoms with Gasteiger partial charge in [0.15, 0.2) is 0 Å². The smallest absolute Gasteiger partial charge is 0.281 e. The van der Waals surface area contributed by atoms with Crippen molar-refractivity contribution in [2.24, 2.45) is 0 Å². The molecule has 0 bridgehead atoms. The molecule has 1 heterocycles. The standard InChI is InChI=1S/C14H14BrClN2O/c1-2-17-13(9-7-8-9)12(15)14(19)18(17)11-6-4-3-5-10(11)16/h3-6,9H,2,7-8H2,1H3. The second-order valence-electron chi connectivity index (χ2n) is 4.76. The van der Waals surface area contributed by atoms with Crippen molar-refractivity contribution in [1.29, 1.82) is 0 Å². The molecule has 0 saturated heterocycles. The fraction of sp³-hybridized carbons (Fsp3) is 0.357. The van der Waals surface area contributed by atoms with Crippen molar-refractivity contribution in [3.05, 3.63) is 49.8 Å². The summed E-state index contributed by atoms with van der Waals surface area (Å²) in [6, 6.07) is 7.44. The van der Waals surface area contributed by atoms with Crippen molar-refractivity contribution in [2.45, 2.75) is 32.2 Å². The Morgan fingerprint density at radius 3 is 2.63 bits per heavy atom. The first-order valence-electron chi connectivity index (χ1n) is 6.41. The Hall–Kier alpha value is -1.00.